The Morgan fingerprint density at radius 3 is 2.69 bits per heavy atom. The van der Waals surface area contributed by atoms with Gasteiger partial charge in [0, 0.05) is 16.5 Å². The molecule has 1 amide bonds. The van der Waals surface area contributed by atoms with Gasteiger partial charge in [0.1, 0.15) is 10.9 Å². The van der Waals surface area contributed by atoms with Gasteiger partial charge >= 0.3 is 0 Å². The number of nitrogens with one attached hydrogen (secondary N) is 2. The van der Waals surface area contributed by atoms with Crippen molar-refractivity contribution in [2.75, 3.05) is 6.61 Å². The van der Waals surface area contributed by atoms with Gasteiger partial charge in [-0.3, -0.25) is 4.79 Å². The quantitative estimate of drug-likeness (QED) is 0.497. The molecule has 0 aliphatic carbocycles. The Morgan fingerprint density at radius 1 is 1.23 bits per heavy atom. The van der Waals surface area contributed by atoms with E-state index in [0.717, 1.165) is 16.5 Å². The number of nitrogens with zero attached hydrogens (tertiary/aromatic N) is 1. The molecule has 2 aromatic carbocycles. The molecule has 0 fully saturated rings. The Labute approximate surface area is 157 Å². The number of carbonyl (C=O) groups excluding carboxylic acids is 1. The molecule has 0 aliphatic heterocycles. The number of aromatic nitrogens is 1. The van der Waals surface area contributed by atoms with E-state index in [4.69, 9.17) is 16.3 Å². The van der Waals surface area contributed by atoms with Crippen LogP contribution in [0.2, 0.25) is 5.15 Å². The van der Waals surface area contributed by atoms with Crippen LogP contribution in [-0.2, 0) is 4.79 Å². The van der Waals surface area contributed by atoms with Crippen LogP contribution >= 0.6 is 11.6 Å². The fourth-order valence-electron chi connectivity index (χ4n) is 2.56. The fraction of sp³-hybridized carbons (Fsp3) is 0.200. The maximum atomic E-state index is 11.9. The van der Waals surface area contributed by atoms with Gasteiger partial charge in [0.25, 0.3) is 5.91 Å². The van der Waals surface area contributed by atoms with E-state index in [2.05, 4.69) is 29.4 Å². The van der Waals surface area contributed by atoms with Crippen LogP contribution in [0.1, 0.15) is 30.9 Å². The van der Waals surface area contributed by atoms with Gasteiger partial charge in [0.15, 0.2) is 6.61 Å². The van der Waals surface area contributed by atoms with E-state index < -0.39 is 0 Å². The number of halogens is 1. The molecule has 1 heterocycles. The molecule has 134 valence electrons. The van der Waals surface area contributed by atoms with Crippen molar-refractivity contribution in [3.05, 3.63) is 64.8 Å². The summed E-state index contributed by atoms with van der Waals surface area (Å²) < 4.78 is 5.47. The predicted octanol–water partition coefficient (Wildman–Crippen LogP) is 4.47. The second kappa shape index (κ2) is 8.06. The highest BCUT2D eigenvalue weighted by molar-refractivity contribution is 6.34. The summed E-state index contributed by atoms with van der Waals surface area (Å²) >= 11 is 6.17. The average Bonchev–Trinajstić information content (AvgIpc) is 2.96. The molecule has 26 heavy (non-hydrogen) atoms. The number of rotatable bonds is 6. The monoisotopic (exact) mass is 369 g/mol. The van der Waals surface area contributed by atoms with E-state index in [1.54, 1.807) is 0 Å². The third-order valence-corrected chi connectivity index (χ3v) is 4.30. The minimum Gasteiger partial charge on any atom is -0.484 e. The molecule has 0 saturated heterocycles. The summed E-state index contributed by atoms with van der Waals surface area (Å²) in [6.45, 7) is 4.14. The van der Waals surface area contributed by atoms with Crippen LogP contribution in [-0.4, -0.2) is 23.7 Å². The number of H-pyrrole nitrogens is 1. The number of hydrogen-bond donors (Lipinski definition) is 2. The first-order valence-electron chi connectivity index (χ1n) is 8.35. The number of ether oxygens (including phenoxy) is 1. The largest absolute Gasteiger partial charge is 0.484 e. The molecule has 5 nitrogen and oxygen atoms in total. The fourth-order valence-corrected chi connectivity index (χ4v) is 2.81. The SMILES string of the molecule is CC(C)c1ccc(OCC(=O)N/N=C\c2c(Cl)[nH]c3ccccc23)cc1. The van der Waals surface area contributed by atoms with E-state index in [9.17, 15) is 4.79 Å². The van der Waals surface area contributed by atoms with Crippen LogP contribution < -0.4 is 10.2 Å². The molecule has 0 radical (unpaired) electrons. The normalized spacial score (nSPS) is 11.4. The van der Waals surface area contributed by atoms with E-state index in [0.29, 0.717) is 16.8 Å². The van der Waals surface area contributed by atoms with Crippen LogP contribution in [0.5, 0.6) is 5.75 Å². The predicted molar refractivity (Wildman–Crippen MR) is 105 cm³/mol. The smallest absolute Gasteiger partial charge is 0.277 e. The summed E-state index contributed by atoms with van der Waals surface area (Å²) in [6, 6.07) is 15.4. The Morgan fingerprint density at radius 2 is 1.96 bits per heavy atom. The summed E-state index contributed by atoms with van der Waals surface area (Å²) in [5, 5.41) is 5.38. The number of para-hydroxylation sites is 1. The zero-order chi connectivity index (χ0) is 18.5. The van der Waals surface area contributed by atoms with Gasteiger partial charge in [-0.15, -0.1) is 0 Å². The van der Waals surface area contributed by atoms with Crippen molar-refractivity contribution in [2.45, 2.75) is 19.8 Å². The molecule has 6 heteroatoms. The molecule has 0 spiro atoms. The van der Waals surface area contributed by atoms with Crippen molar-refractivity contribution < 1.29 is 9.53 Å². The van der Waals surface area contributed by atoms with Gasteiger partial charge in [-0.1, -0.05) is 55.8 Å². The first-order valence-corrected chi connectivity index (χ1v) is 8.73. The van der Waals surface area contributed by atoms with Crippen molar-refractivity contribution >= 4 is 34.6 Å². The Hall–Kier alpha value is -2.79. The molecule has 2 N–H and O–H groups in total. The molecule has 0 saturated carbocycles. The molecule has 0 atom stereocenters. The van der Waals surface area contributed by atoms with Crippen molar-refractivity contribution in [1.82, 2.24) is 10.4 Å². The summed E-state index contributed by atoms with van der Waals surface area (Å²) in [7, 11) is 0. The first kappa shape index (κ1) is 18.0. The Bertz CT molecular complexity index is 930. The molecule has 0 aliphatic rings. The highest BCUT2D eigenvalue weighted by Crippen LogP contribution is 2.24. The lowest BCUT2D eigenvalue weighted by molar-refractivity contribution is -0.123. The standard InChI is InChI=1S/C20H20ClN3O2/c1-13(2)14-7-9-15(10-8-14)26-12-19(25)24-22-11-17-16-5-3-4-6-18(16)23-20(17)21/h3-11,13,23H,12H2,1-2H3,(H,24,25)/b22-11-. The van der Waals surface area contributed by atoms with Crippen molar-refractivity contribution in [3.8, 4) is 5.75 Å². The summed E-state index contributed by atoms with van der Waals surface area (Å²) in [5.74, 6) is 0.761. The Balaban J connectivity index is 1.55. The lowest BCUT2D eigenvalue weighted by Gasteiger charge is -2.08. The van der Waals surface area contributed by atoms with E-state index >= 15 is 0 Å². The van der Waals surface area contributed by atoms with Crippen molar-refractivity contribution in [3.63, 3.8) is 0 Å². The summed E-state index contributed by atoms with van der Waals surface area (Å²) in [6.07, 6.45) is 1.52. The Kier molecular flexibility index (Phi) is 5.58. The molecule has 3 aromatic rings. The van der Waals surface area contributed by atoms with Gasteiger partial charge in [-0.25, -0.2) is 5.43 Å². The van der Waals surface area contributed by atoms with Crippen LogP contribution in [0, 0.1) is 0 Å². The highest BCUT2D eigenvalue weighted by Gasteiger charge is 2.07. The zero-order valence-corrected chi connectivity index (χ0v) is 15.4. The molecular weight excluding hydrogens is 350 g/mol. The third-order valence-electron chi connectivity index (χ3n) is 4.00. The van der Waals surface area contributed by atoms with Crippen LogP contribution in [0.15, 0.2) is 53.6 Å². The summed E-state index contributed by atoms with van der Waals surface area (Å²) in [4.78, 5) is 14.9. The molecule has 0 unspecified atom stereocenters. The van der Waals surface area contributed by atoms with Crippen molar-refractivity contribution in [2.24, 2.45) is 5.10 Å². The topological polar surface area (TPSA) is 66.5 Å². The van der Waals surface area contributed by atoms with Gasteiger partial charge in [-0.2, -0.15) is 5.10 Å². The minimum atomic E-state index is -0.342. The number of aromatic amines is 1. The maximum absolute atomic E-state index is 11.9. The van der Waals surface area contributed by atoms with Crippen LogP contribution in [0.3, 0.4) is 0 Å². The molecule has 1 aromatic heterocycles. The van der Waals surface area contributed by atoms with E-state index in [1.807, 2.05) is 48.5 Å². The second-order valence-corrected chi connectivity index (χ2v) is 6.58. The highest BCUT2D eigenvalue weighted by atomic mass is 35.5. The maximum Gasteiger partial charge on any atom is 0.277 e. The number of benzene rings is 2. The lowest BCUT2D eigenvalue weighted by atomic mass is 10.0. The number of amides is 1. The number of hydrazone groups is 1. The minimum absolute atomic E-state index is 0.111. The zero-order valence-electron chi connectivity index (χ0n) is 14.6. The van der Waals surface area contributed by atoms with Crippen LogP contribution in [0.25, 0.3) is 10.9 Å². The van der Waals surface area contributed by atoms with Gasteiger partial charge in [0.05, 0.1) is 6.21 Å². The van der Waals surface area contributed by atoms with E-state index in [-0.39, 0.29) is 12.5 Å². The first-order chi connectivity index (χ1) is 12.5. The third kappa shape index (κ3) is 4.24. The number of fused-ring (bicyclic) bond motifs is 1. The summed E-state index contributed by atoms with van der Waals surface area (Å²) in [5.41, 5.74) is 5.31. The molecule has 0 bridgehead atoms. The molecule has 3 rings (SSSR count). The van der Waals surface area contributed by atoms with E-state index in [1.165, 1.54) is 11.8 Å². The van der Waals surface area contributed by atoms with Gasteiger partial charge in [0.2, 0.25) is 0 Å². The van der Waals surface area contributed by atoms with Gasteiger partial charge in [-0.05, 0) is 29.7 Å². The van der Waals surface area contributed by atoms with Gasteiger partial charge < -0.3 is 9.72 Å². The molecular formula is C20H20ClN3O2. The average molecular weight is 370 g/mol. The second-order valence-electron chi connectivity index (χ2n) is 6.20. The number of carbonyl (C=O) groups is 1. The van der Waals surface area contributed by atoms with Crippen LogP contribution in [0.4, 0.5) is 0 Å². The van der Waals surface area contributed by atoms with Crippen molar-refractivity contribution in [1.29, 1.82) is 0 Å². The lowest BCUT2D eigenvalue weighted by Crippen LogP contribution is -2.24. The number of hydrogen-bond acceptors (Lipinski definition) is 3.